The molecule has 0 saturated heterocycles. The van der Waals surface area contributed by atoms with Crippen molar-refractivity contribution < 1.29 is 0 Å². The van der Waals surface area contributed by atoms with Crippen LogP contribution in [0.4, 0.5) is 5.69 Å². The van der Waals surface area contributed by atoms with Crippen LogP contribution in [0.15, 0.2) is 41.8 Å². The lowest BCUT2D eigenvalue weighted by Gasteiger charge is -2.09. The molecule has 16 heavy (non-hydrogen) atoms. The highest BCUT2D eigenvalue weighted by Crippen LogP contribution is 2.27. The van der Waals surface area contributed by atoms with Gasteiger partial charge in [0.1, 0.15) is 0 Å². The molecule has 1 nitrogen and oxygen atoms in total. The Bertz CT molecular complexity index is 436. The summed E-state index contributed by atoms with van der Waals surface area (Å²) >= 11 is 1.86. The second kappa shape index (κ2) is 4.30. The standard InChI is InChI=1S/C14H15NS/c1-2-6-14-11(4-1)10-12(15-14)7-8-13-5-3-9-16-13/h1-6,9,12,15H,7-8,10H2. The Hall–Kier alpha value is -1.28. The van der Waals surface area contributed by atoms with E-state index in [1.807, 2.05) is 11.3 Å². The summed E-state index contributed by atoms with van der Waals surface area (Å²) in [5.74, 6) is 0. The van der Waals surface area contributed by atoms with Crippen molar-refractivity contribution in [2.75, 3.05) is 5.32 Å². The minimum atomic E-state index is 0.625. The molecule has 2 heterocycles. The lowest BCUT2D eigenvalue weighted by Crippen LogP contribution is -2.15. The van der Waals surface area contributed by atoms with Crippen LogP contribution in [0.3, 0.4) is 0 Å². The van der Waals surface area contributed by atoms with Crippen molar-refractivity contribution >= 4 is 17.0 Å². The van der Waals surface area contributed by atoms with Crippen LogP contribution in [0, 0.1) is 0 Å². The van der Waals surface area contributed by atoms with E-state index in [0.717, 1.165) is 0 Å². The Morgan fingerprint density at radius 3 is 2.94 bits per heavy atom. The summed E-state index contributed by atoms with van der Waals surface area (Å²) in [6.45, 7) is 0. The maximum absolute atomic E-state index is 3.60. The number of aryl methyl sites for hydroxylation is 1. The van der Waals surface area contributed by atoms with Crippen LogP contribution in [-0.4, -0.2) is 6.04 Å². The Kier molecular flexibility index (Phi) is 2.66. The predicted octanol–water partition coefficient (Wildman–Crippen LogP) is 3.72. The molecule has 1 aliphatic rings. The van der Waals surface area contributed by atoms with Gasteiger partial charge in [0.2, 0.25) is 0 Å². The van der Waals surface area contributed by atoms with Gasteiger partial charge < -0.3 is 5.32 Å². The molecule has 82 valence electrons. The molecular formula is C14H15NS. The van der Waals surface area contributed by atoms with Gasteiger partial charge in [0.15, 0.2) is 0 Å². The van der Waals surface area contributed by atoms with E-state index in [1.54, 1.807) is 0 Å². The molecule has 0 fully saturated rings. The number of fused-ring (bicyclic) bond motifs is 1. The third kappa shape index (κ3) is 1.98. The fourth-order valence-corrected chi connectivity index (χ4v) is 3.05. The van der Waals surface area contributed by atoms with E-state index < -0.39 is 0 Å². The molecule has 0 radical (unpaired) electrons. The van der Waals surface area contributed by atoms with E-state index in [2.05, 4.69) is 47.1 Å². The molecule has 0 amide bonds. The molecule has 2 heteroatoms. The number of hydrogen-bond donors (Lipinski definition) is 1. The highest BCUT2D eigenvalue weighted by atomic mass is 32.1. The zero-order chi connectivity index (χ0) is 10.8. The molecule has 0 saturated carbocycles. The Morgan fingerprint density at radius 2 is 2.12 bits per heavy atom. The van der Waals surface area contributed by atoms with E-state index in [1.165, 1.54) is 35.4 Å². The molecule has 1 aromatic carbocycles. The average molecular weight is 229 g/mol. The summed E-state index contributed by atoms with van der Waals surface area (Å²) in [4.78, 5) is 1.50. The van der Waals surface area contributed by atoms with Crippen molar-refractivity contribution in [1.82, 2.24) is 0 Å². The number of para-hydroxylation sites is 1. The molecule has 1 aliphatic heterocycles. The van der Waals surface area contributed by atoms with Gasteiger partial charge in [0.05, 0.1) is 0 Å². The van der Waals surface area contributed by atoms with Crippen LogP contribution in [0.25, 0.3) is 0 Å². The molecule has 0 spiro atoms. The van der Waals surface area contributed by atoms with Crippen molar-refractivity contribution in [2.24, 2.45) is 0 Å². The average Bonchev–Trinajstić information content (AvgIpc) is 2.95. The second-order valence-corrected chi connectivity index (χ2v) is 5.35. The van der Waals surface area contributed by atoms with Gasteiger partial charge in [-0.2, -0.15) is 0 Å². The van der Waals surface area contributed by atoms with E-state index in [-0.39, 0.29) is 0 Å². The van der Waals surface area contributed by atoms with Crippen LogP contribution in [0.2, 0.25) is 0 Å². The molecule has 1 aromatic heterocycles. The van der Waals surface area contributed by atoms with E-state index in [4.69, 9.17) is 0 Å². The molecule has 1 unspecified atom stereocenters. The first kappa shape index (κ1) is 9.91. The maximum atomic E-state index is 3.60. The second-order valence-electron chi connectivity index (χ2n) is 4.32. The fraction of sp³-hybridized carbons (Fsp3) is 0.286. The normalized spacial score (nSPS) is 18.1. The van der Waals surface area contributed by atoms with Gasteiger partial charge in [-0.3, -0.25) is 0 Å². The summed E-state index contributed by atoms with van der Waals surface area (Å²) in [6, 6.07) is 13.6. The first-order valence-electron chi connectivity index (χ1n) is 5.78. The van der Waals surface area contributed by atoms with Gasteiger partial charge in [0.25, 0.3) is 0 Å². The topological polar surface area (TPSA) is 12.0 Å². The number of hydrogen-bond acceptors (Lipinski definition) is 2. The minimum absolute atomic E-state index is 0.625. The molecule has 3 rings (SSSR count). The lowest BCUT2D eigenvalue weighted by molar-refractivity contribution is 0.679. The van der Waals surface area contributed by atoms with Gasteiger partial charge in [-0.25, -0.2) is 0 Å². The molecule has 2 aromatic rings. The SMILES string of the molecule is c1csc(CCC2Cc3ccccc3N2)c1. The molecule has 1 N–H and O–H groups in total. The Balaban J connectivity index is 1.60. The number of rotatable bonds is 3. The zero-order valence-electron chi connectivity index (χ0n) is 9.15. The summed E-state index contributed by atoms with van der Waals surface area (Å²) in [5, 5.41) is 5.76. The number of benzene rings is 1. The molecule has 1 atom stereocenters. The van der Waals surface area contributed by atoms with Gasteiger partial charge in [-0.15, -0.1) is 11.3 Å². The van der Waals surface area contributed by atoms with Gasteiger partial charge in [-0.1, -0.05) is 24.3 Å². The monoisotopic (exact) mass is 229 g/mol. The third-order valence-corrected chi connectivity index (χ3v) is 4.10. The fourth-order valence-electron chi connectivity index (χ4n) is 2.32. The largest absolute Gasteiger partial charge is 0.382 e. The van der Waals surface area contributed by atoms with Gasteiger partial charge >= 0.3 is 0 Å². The maximum Gasteiger partial charge on any atom is 0.0375 e. The smallest absolute Gasteiger partial charge is 0.0375 e. The van der Waals surface area contributed by atoms with Crippen molar-refractivity contribution in [3.63, 3.8) is 0 Å². The van der Waals surface area contributed by atoms with Crippen LogP contribution in [-0.2, 0) is 12.8 Å². The zero-order valence-corrected chi connectivity index (χ0v) is 9.96. The van der Waals surface area contributed by atoms with E-state index in [9.17, 15) is 0 Å². The van der Waals surface area contributed by atoms with Crippen molar-refractivity contribution in [2.45, 2.75) is 25.3 Å². The number of thiophene rings is 1. The number of anilines is 1. The van der Waals surface area contributed by atoms with Gasteiger partial charge in [0, 0.05) is 16.6 Å². The quantitative estimate of drug-likeness (QED) is 0.846. The lowest BCUT2D eigenvalue weighted by atomic mass is 10.1. The van der Waals surface area contributed by atoms with E-state index >= 15 is 0 Å². The molecule has 0 bridgehead atoms. The number of nitrogens with one attached hydrogen (secondary N) is 1. The van der Waals surface area contributed by atoms with Crippen LogP contribution >= 0.6 is 11.3 Å². The van der Waals surface area contributed by atoms with Crippen LogP contribution < -0.4 is 5.32 Å². The first-order chi connectivity index (χ1) is 7.92. The van der Waals surface area contributed by atoms with E-state index in [0.29, 0.717) is 6.04 Å². The van der Waals surface area contributed by atoms with Crippen molar-refractivity contribution in [3.05, 3.63) is 52.2 Å². The molecular weight excluding hydrogens is 214 g/mol. The summed E-state index contributed by atoms with van der Waals surface area (Å²) in [6.07, 6.45) is 3.61. The Morgan fingerprint density at radius 1 is 1.19 bits per heavy atom. The van der Waals surface area contributed by atoms with Crippen molar-refractivity contribution in [1.29, 1.82) is 0 Å². The minimum Gasteiger partial charge on any atom is -0.382 e. The Labute approximate surface area is 100 Å². The highest BCUT2D eigenvalue weighted by molar-refractivity contribution is 7.09. The first-order valence-corrected chi connectivity index (χ1v) is 6.66. The summed E-state index contributed by atoms with van der Waals surface area (Å²) in [7, 11) is 0. The predicted molar refractivity (Wildman–Crippen MR) is 70.2 cm³/mol. The molecule has 0 aliphatic carbocycles. The summed E-state index contributed by atoms with van der Waals surface area (Å²) in [5.41, 5.74) is 2.80. The van der Waals surface area contributed by atoms with Gasteiger partial charge in [-0.05, 0) is 42.3 Å². The highest BCUT2D eigenvalue weighted by Gasteiger charge is 2.19. The third-order valence-electron chi connectivity index (χ3n) is 3.16. The summed E-state index contributed by atoms with van der Waals surface area (Å²) < 4.78 is 0. The van der Waals surface area contributed by atoms with Crippen LogP contribution in [0.1, 0.15) is 16.9 Å². The van der Waals surface area contributed by atoms with Crippen LogP contribution in [0.5, 0.6) is 0 Å². The van der Waals surface area contributed by atoms with Crippen molar-refractivity contribution in [3.8, 4) is 0 Å².